The van der Waals surface area contributed by atoms with Crippen molar-refractivity contribution in [1.29, 1.82) is 0 Å². The lowest BCUT2D eigenvalue weighted by molar-refractivity contribution is 1.16. The number of hydrogen-bond acceptors (Lipinski definition) is 1. The van der Waals surface area contributed by atoms with Gasteiger partial charge in [-0.1, -0.05) is 57.4 Å². The van der Waals surface area contributed by atoms with Crippen LogP contribution < -0.4 is 0 Å². The molecule has 0 aliphatic heterocycles. The molecule has 1 heterocycles. The molecule has 0 unspecified atom stereocenters. The van der Waals surface area contributed by atoms with Gasteiger partial charge < -0.3 is 0 Å². The summed E-state index contributed by atoms with van der Waals surface area (Å²) in [7, 11) is 0. The first-order chi connectivity index (χ1) is 9.61. The Kier molecular flexibility index (Phi) is 3.77. The van der Waals surface area contributed by atoms with Gasteiger partial charge >= 0.3 is 0 Å². The van der Waals surface area contributed by atoms with Gasteiger partial charge in [0.1, 0.15) is 5.15 Å². The zero-order chi connectivity index (χ0) is 14.1. The molecule has 0 bridgehead atoms. The molecule has 3 aromatic rings. The van der Waals surface area contributed by atoms with Gasteiger partial charge in [-0.05, 0) is 42.3 Å². The number of aromatic nitrogens is 1. The van der Waals surface area contributed by atoms with E-state index in [2.05, 4.69) is 64.2 Å². The maximum Gasteiger partial charge on any atom is 0.133 e. The lowest BCUT2D eigenvalue weighted by Crippen LogP contribution is -1.93. The van der Waals surface area contributed by atoms with Crippen molar-refractivity contribution in [2.75, 3.05) is 0 Å². The van der Waals surface area contributed by atoms with Crippen LogP contribution >= 0.6 is 27.5 Å². The largest absolute Gasteiger partial charge is 0.236 e. The molecule has 0 amide bonds. The summed E-state index contributed by atoms with van der Waals surface area (Å²) in [6.07, 6.45) is 0.802. The van der Waals surface area contributed by atoms with E-state index in [1.807, 2.05) is 12.1 Å². The van der Waals surface area contributed by atoms with Crippen molar-refractivity contribution in [1.82, 2.24) is 4.98 Å². The second kappa shape index (κ2) is 5.55. The van der Waals surface area contributed by atoms with Crippen LogP contribution in [0.4, 0.5) is 0 Å². The van der Waals surface area contributed by atoms with Crippen molar-refractivity contribution in [3.63, 3.8) is 0 Å². The van der Waals surface area contributed by atoms with Gasteiger partial charge in [-0.2, -0.15) is 0 Å². The third-order valence-electron chi connectivity index (χ3n) is 3.28. The molecule has 1 aromatic heterocycles. The van der Waals surface area contributed by atoms with Crippen LogP contribution in [-0.4, -0.2) is 4.98 Å². The molecule has 0 saturated heterocycles. The summed E-state index contributed by atoms with van der Waals surface area (Å²) in [6.45, 7) is 2.10. The van der Waals surface area contributed by atoms with E-state index in [-0.39, 0.29) is 0 Å². The van der Waals surface area contributed by atoms with Crippen LogP contribution in [0, 0.1) is 6.92 Å². The van der Waals surface area contributed by atoms with E-state index in [0.717, 1.165) is 27.4 Å². The first kappa shape index (κ1) is 13.6. The van der Waals surface area contributed by atoms with Crippen LogP contribution in [0.1, 0.15) is 16.7 Å². The summed E-state index contributed by atoms with van der Waals surface area (Å²) in [5.41, 5.74) is 4.49. The number of aryl methyl sites for hydroxylation is 1. The van der Waals surface area contributed by atoms with Gasteiger partial charge in [0.05, 0.1) is 5.52 Å². The lowest BCUT2D eigenvalue weighted by Gasteiger charge is -2.07. The highest BCUT2D eigenvalue weighted by Gasteiger charge is 2.06. The molecule has 3 rings (SSSR count). The minimum absolute atomic E-state index is 0.585. The van der Waals surface area contributed by atoms with Crippen LogP contribution in [-0.2, 0) is 6.42 Å². The maximum atomic E-state index is 6.31. The molecule has 0 aliphatic carbocycles. The van der Waals surface area contributed by atoms with Crippen molar-refractivity contribution >= 4 is 38.4 Å². The number of benzene rings is 2. The van der Waals surface area contributed by atoms with E-state index in [0.29, 0.717) is 5.15 Å². The quantitative estimate of drug-likeness (QED) is 0.554. The third-order valence-corrected chi connectivity index (χ3v) is 4.10. The fourth-order valence-corrected chi connectivity index (χ4v) is 2.92. The van der Waals surface area contributed by atoms with Crippen molar-refractivity contribution in [3.05, 3.63) is 74.8 Å². The van der Waals surface area contributed by atoms with E-state index >= 15 is 0 Å². The monoisotopic (exact) mass is 345 g/mol. The Morgan fingerprint density at radius 1 is 1.10 bits per heavy atom. The molecule has 20 heavy (non-hydrogen) atoms. The molecule has 2 aromatic carbocycles. The fraction of sp³-hybridized carbons (Fsp3) is 0.118. The van der Waals surface area contributed by atoms with Gasteiger partial charge in [0, 0.05) is 16.3 Å². The molecule has 100 valence electrons. The van der Waals surface area contributed by atoms with Crippen molar-refractivity contribution in [2.45, 2.75) is 13.3 Å². The third kappa shape index (κ3) is 2.87. The summed E-state index contributed by atoms with van der Waals surface area (Å²) in [6, 6.07) is 16.6. The Balaban J connectivity index is 2.04. The number of halogens is 2. The zero-order valence-corrected chi connectivity index (χ0v) is 13.4. The van der Waals surface area contributed by atoms with Crippen LogP contribution in [0.3, 0.4) is 0 Å². The molecule has 0 atom stereocenters. The maximum absolute atomic E-state index is 6.31. The van der Waals surface area contributed by atoms with E-state index in [1.54, 1.807) is 0 Å². The number of pyridine rings is 1. The van der Waals surface area contributed by atoms with Gasteiger partial charge in [-0.3, -0.25) is 0 Å². The van der Waals surface area contributed by atoms with Gasteiger partial charge in [0.25, 0.3) is 0 Å². The Bertz CT molecular complexity index is 783. The second-order valence-electron chi connectivity index (χ2n) is 4.94. The van der Waals surface area contributed by atoms with Gasteiger partial charge in [0.15, 0.2) is 0 Å². The van der Waals surface area contributed by atoms with E-state index in [1.165, 1.54) is 11.1 Å². The molecular weight excluding hydrogens is 334 g/mol. The molecule has 3 heteroatoms. The summed E-state index contributed by atoms with van der Waals surface area (Å²) in [4.78, 5) is 4.48. The van der Waals surface area contributed by atoms with Gasteiger partial charge in [0.2, 0.25) is 0 Å². The predicted molar refractivity (Wildman–Crippen MR) is 88.4 cm³/mol. The molecule has 0 fully saturated rings. The summed E-state index contributed by atoms with van der Waals surface area (Å²) in [5, 5.41) is 1.69. The predicted octanol–water partition coefficient (Wildman–Crippen LogP) is 5.55. The Morgan fingerprint density at radius 2 is 1.95 bits per heavy atom. The molecule has 1 nitrogen and oxygen atoms in total. The van der Waals surface area contributed by atoms with Gasteiger partial charge in [-0.25, -0.2) is 4.98 Å². The number of hydrogen-bond donors (Lipinski definition) is 0. The first-order valence-corrected chi connectivity index (χ1v) is 7.59. The van der Waals surface area contributed by atoms with Crippen molar-refractivity contribution < 1.29 is 0 Å². The van der Waals surface area contributed by atoms with Crippen LogP contribution in [0.2, 0.25) is 5.15 Å². The molecule has 0 spiro atoms. The molecule has 0 saturated carbocycles. The summed E-state index contributed by atoms with van der Waals surface area (Å²) in [5.74, 6) is 0. The molecule has 0 N–H and O–H groups in total. The van der Waals surface area contributed by atoms with Gasteiger partial charge in [-0.15, -0.1) is 0 Å². The molecular formula is C17H13BrClN. The highest BCUT2D eigenvalue weighted by molar-refractivity contribution is 9.10. The lowest BCUT2D eigenvalue weighted by atomic mass is 10.0. The van der Waals surface area contributed by atoms with Crippen LogP contribution in [0.15, 0.2) is 53.0 Å². The Labute approximate surface area is 131 Å². The Morgan fingerprint density at radius 3 is 2.75 bits per heavy atom. The van der Waals surface area contributed by atoms with E-state index in [9.17, 15) is 0 Å². The van der Waals surface area contributed by atoms with Crippen LogP contribution in [0.25, 0.3) is 10.9 Å². The topological polar surface area (TPSA) is 12.9 Å². The minimum atomic E-state index is 0.585. The van der Waals surface area contributed by atoms with E-state index in [4.69, 9.17) is 11.6 Å². The fourth-order valence-electron chi connectivity index (χ4n) is 2.33. The number of rotatable bonds is 2. The van der Waals surface area contributed by atoms with Crippen LogP contribution in [0.5, 0.6) is 0 Å². The second-order valence-corrected chi connectivity index (χ2v) is 6.21. The molecule has 0 aliphatic rings. The van der Waals surface area contributed by atoms with Crippen molar-refractivity contribution in [2.24, 2.45) is 0 Å². The molecule has 0 radical (unpaired) electrons. The highest BCUT2D eigenvalue weighted by atomic mass is 79.9. The average Bonchev–Trinajstić information content (AvgIpc) is 2.40. The van der Waals surface area contributed by atoms with E-state index < -0.39 is 0 Å². The first-order valence-electron chi connectivity index (χ1n) is 6.42. The van der Waals surface area contributed by atoms with Crippen molar-refractivity contribution in [3.8, 4) is 0 Å². The summed E-state index contributed by atoms with van der Waals surface area (Å²) >= 11 is 9.80. The summed E-state index contributed by atoms with van der Waals surface area (Å²) < 4.78 is 1.05. The smallest absolute Gasteiger partial charge is 0.133 e. The SMILES string of the molecule is Cc1cccc(Cc2cc3cc(Br)ccc3nc2Cl)c1. The number of nitrogens with zero attached hydrogens (tertiary/aromatic N) is 1. The number of fused-ring (bicyclic) bond motifs is 1. The average molecular weight is 347 g/mol. The minimum Gasteiger partial charge on any atom is -0.236 e. The standard InChI is InChI=1S/C17H13BrClN/c1-11-3-2-4-12(7-11)8-14-9-13-10-15(18)5-6-16(13)20-17(14)19/h2-7,9-10H,8H2,1H3. The Hall–Kier alpha value is -1.38. The zero-order valence-electron chi connectivity index (χ0n) is 11.0. The highest BCUT2D eigenvalue weighted by Crippen LogP contribution is 2.25. The normalized spacial score (nSPS) is 10.9.